The average Bonchev–Trinajstić information content (AvgIpc) is 3.33. The SMILES string of the molecule is CCOC(=O)[C@H]1C(=O)NC(N2CCN(c3ccccc3OC)CC2)=N[C@H]1c1ccco1. The summed E-state index contributed by atoms with van der Waals surface area (Å²) < 4.78 is 16.1. The van der Waals surface area contributed by atoms with E-state index < -0.39 is 23.8 Å². The van der Waals surface area contributed by atoms with E-state index in [1.807, 2.05) is 29.2 Å². The van der Waals surface area contributed by atoms with E-state index in [9.17, 15) is 9.59 Å². The molecule has 31 heavy (non-hydrogen) atoms. The number of benzene rings is 1. The Morgan fingerprint density at radius 2 is 1.90 bits per heavy atom. The second-order valence-electron chi connectivity index (χ2n) is 7.28. The van der Waals surface area contributed by atoms with Crippen LogP contribution >= 0.6 is 0 Å². The van der Waals surface area contributed by atoms with Crippen LogP contribution in [-0.2, 0) is 14.3 Å². The molecule has 164 valence electrons. The van der Waals surface area contributed by atoms with Gasteiger partial charge in [0.05, 0.1) is 25.7 Å². The minimum absolute atomic E-state index is 0.189. The van der Waals surface area contributed by atoms with Gasteiger partial charge in [-0.2, -0.15) is 0 Å². The quantitative estimate of drug-likeness (QED) is 0.575. The summed E-state index contributed by atoms with van der Waals surface area (Å²) in [6, 6.07) is 10.6. The van der Waals surface area contributed by atoms with Crippen LogP contribution in [0.2, 0.25) is 0 Å². The fraction of sp³-hybridized carbons (Fsp3) is 0.409. The first-order chi connectivity index (χ1) is 15.1. The number of rotatable bonds is 5. The monoisotopic (exact) mass is 426 g/mol. The number of ether oxygens (including phenoxy) is 2. The third kappa shape index (κ3) is 4.21. The number of carbonyl (C=O) groups excluding carboxylic acids is 2. The van der Waals surface area contributed by atoms with Crippen molar-refractivity contribution in [2.45, 2.75) is 13.0 Å². The maximum Gasteiger partial charge on any atom is 0.321 e. The summed E-state index contributed by atoms with van der Waals surface area (Å²) in [5.41, 5.74) is 1.04. The van der Waals surface area contributed by atoms with Crippen molar-refractivity contribution < 1.29 is 23.5 Å². The molecule has 1 N–H and O–H groups in total. The van der Waals surface area contributed by atoms with E-state index in [-0.39, 0.29) is 6.61 Å². The highest BCUT2D eigenvalue weighted by molar-refractivity contribution is 6.08. The van der Waals surface area contributed by atoms with Gasteiger partial charge in [0, 0.05) is 26.2 Å². The molecule has 0 aliphatic carbocycles. The largest absolute Gasteiger partial charge is 0.495 e. The van der Waals surface area contributed by atoms with Gasteiger partial charge in [-0.3, -0.25) is 14.9 Å². The molecule has 1 aromatic carbocycles. The Kier molecular flexibility index (Phi) is 6.11. The summed E-state index contributed by atoms with van der Waals surface area (Å²) in [4.78, 5) is 34.2. The number of nitrogens with zero attached hydrogens (tertiary/aromatic N) is 3. The van der Waals surface area contributed by atoms with E-state index in [4.69, 9.17) is 13.9 Å². The lowest BCUT2D eigenvalue weighted by Gasteiger charge is -2.39. The molecule has 0 spiro atoms. The first-order valence-electron chi connectivity index (χ1n) is 10.3. The second-order valence-corrected chi connectivity index (χ2v) is 7.28. The number of hydrogen-bond donors (Lipinski definition) is 1. The number of carbonyl (C=O) groups is 2. The molecule has 0 radical (unpaired) electrons. The lowest BCUT2D eigenvalue weighted by Crippen LogP contribution is -2.57. The van der Waals surface area contributed by atoms with Crippen molar-refractivity contribution in [3.8, 4) is 5.75 Å². The highest BCUT2D eigenvalue weighted by atomic mass is 16.5. The second kappa shape index (κ2) is 9.11. The molecular formula is C22H26N4O5. The Morgan fingerprint density at radius 3 is 2.58 bits per heavy atom. The summed E-state index contributed by atoms with van der Waals surface area (Å²) in [6.45, 7) is 4.69. The van der Waals surface area contributed by atoms with Crippen molar-refractivity contribution in [2.24, 2.45) is 10.9 Å². The zero-order valence-corrected chi connectivity index (χ0v) is 17.6. The number of piperazine rings is 1. The number of amides is 1. The van der Waals surface area contributed by atoms with Gasteiger partial charge >= 0.3 is 5.97 Å². The molecular weight excluding hydrogens is 400 g/mol. The van der Waals surface area contributed by atoms with Crippen molar-refractivity contribution in [1.29, 1.82) is 0 Å². The van der Waals surface area contributed by atoms with Gasteiger partial charge in [-0.1, -0.05) is 12.1 Å². The van der Waals surface area contributed by atoms with E-state index in [2.05, 4.69) is 15.2 Å². The molecule has 2 aromatic rings. The molecule has 2 aliphatic rings. The van der Waals surface area contributed by atoms with Crippen LogP contribution in [0.4, 0.5) is 5.69 Å². The number of furan rings is 1. The number of methoxy groups -OCH3 is 1. The third-order valence-corrected chi connectivity index (χ3v) is 5.47. The van der Waals surface area contributed by atoms with Crippen molar-refractivity contribution in [3.05, 3.63) is 48.4 Å². The molecule has 1 aromatic heterocycles. The summed E-state index contributed by atoms with van der Waals surface area (Å²) in [6.07, 6.45) is 1.51. The number of para-hydroxylation sites is 2. The van der Waals surface area contributed by atoms with Gasteiger partial charge in [-0.15, -0.1) is 0 Å². The van der Waals surface area contributed by atoms with Gasteiger partial charge in [0.25, 0.3) is 0 Å². The van der Waals surface area contributed by atoms with Gasteiger partial charge < -0.3 is 23.7 Å². The summed E-state index contributed by atoms with van der Waals surface area (Å²) in [7, 11) is 1.66. The van der Waals surface area contributed by atoms with Gasteiger partial charge in [0.2, 0.25) is 11.9 Å². The molecule has 1 amide bonds. The zero-order chi connectivity index (χ0) is 21.8. The molecule has 1 saturated heterocycles. The molecule has 3 heterocycles. The number of aliphatic imine (C=N–C) groups is 1. The minimum Gasteiger partial charge on any atom is -0.495 e. The standard InChI is InChI=1S/C22H26N4O5/c1-3-30-21(28)18-19(17-9-6-14-31-17)23-22(24-20(18)27)26-12-10-25(11-13-26)15-7-4-5-8-16(15)29-2/h4-9,14,18-19H,3,10-13H2,1-2H3,(H,23,24,27)/t18-,19+/m1/s1. The van der Waals surface area contributed by atoms with Crippen molar-refractivity contribution in [1.82, 2.24) is 10.2 Å². The molecule has 2 atom stereocenters. The fourth-order valence-corrected chi connectivity index (χ4v) is 3.94. The third-order valence-electron chi connectivity index (χ3n) is 5.47. The predicted octanol–water partition coefficient (Wildman–Crippen LogP) is 1.82. The van der Waals surface area contributed by atoms with Crippen molar-refractivity contribution in [3.63, 3.8) is 0 Å². The topological polar surface area (TPSA) is 96.6 Å². The minimum atomic E-state index is -1.08. The van der Waals surface area contributed by atoms with E-state index in [1.165, 1.54) is 6.26 Å². The fourth-order valence-electron chi connectivity index (χ4n) is 3.94. The Labute approximate surface area is 180 Å². The smallest absolute Gasteiger partial charge is 0.321 e. The molecule has 9 heteroatoms. The van der Waals surface area contributed by atoms with Gasteiger partial charge in [-0.25, -0.2) is 4.99 Å². The zero-order valence-electron chi connectivity index (χ0n) is 17.6. The van der Waals surface area contributed by atoms with Crippen LogP contribution in [0.5, 0.6) is 5.75 Å². The van der Waals surface area contributed by atoms with Crippen LogP contribution in [0.15, 0.2) is 52.1 Å². The van der Waals surface area contributed by atoms with Crippen LogP contribution in [0, 0.1) is 5.92 Å². The molecule has 9 nitrogen and oxygen atoms in total. The van der Waals surface area contributed by atoms with Crippen LogP contribution < -0.4 is 15.0 Å². The van der Waals surface area contributed by atoms with E-state index in [0.717, 1.165) is 24.5 Å². The predicted molar refractivity (Wildman–Crippen MR) is 114 cm³/mol. The number of hydrogen-bond acceptors (Lipinski definition) is 8. The van der Waals surface area contributed by atoms with Gasteiger partial charge in [-0.05, 0) is 31.2 Å². The first kappa shape index (κ1) is 20.8. The Balaban J connectivity index is 1.52. The summed E-state index contributed by atoms with van der Waals surface area (Å²) in [5.74, 6) is -0.383. The highest BCUT2D eigenvalue weighted by Crippen LogP contribution is 2.32. The highest BCUT2D eigenvalue weighted by Gasteiger charge is 2.43. The number of esters is 1. The van der Waals surface area contributed by atoms with E-state index >= 15 is 0 Å². The van der Waals surface area contributed by atoms with Crippen LogP contribution in [0.3, 0.4) is 0 Å². The normalized spacial score (nSPS) is 21.4. The Bertz CT molecular complexity index is 951. The molecule has 0 unspecified atom stereocenters. The summed E-state index contributed by atoms with van der Waals surface area (Å²) >= 11 is 0. The molecule has 1 fully saturated rings. The van der Waals surface area contributed by atoms with Gasteiger partial charge in [0.15, 0.2) is 5.92 Å². The molecule has 2 aliphatic heterocycles. The van der Waals surface area contributed by atoms with Crippen LogP contribution in [0.1, 0.15) is 18.7 Å². The number of guanidine groups is 1. The van der Waals surface area contributed by atoms with Crippen LogP contribution in [-0.4, -0.2) is 62.6 Å². The van der Waals surface area contributed by atoms with Crippen LogP contribution in [0.25, 0.3) is 0 Å². The van der Waals surface area contributed by atoms with Gasteiger partial charge in [0.1, 0.15) is 17.6 Å². The number of nitrogens with one attached hydrogen (secondary N) is 1. The summed E-state index contributed by atoms with van der Waals surface area (Å²) in [5, 5.41) is 2.80. The molecule has 0 saturated carbocycles. The lowest BCUT2D eigenvalue weighted by molar-refractivity contribution is -0.153. The maximum atomic E-state index is 12.9. The van der Waals surface area contributed by atoms with Crippen molar-refractivity contribution >= 4 is 23.5 Å². The first-order valence-corrected chi connectivity index (χ1v) is 10.3. The van der Waals surface area contributed by atoms with E-state index in [1.54, 1.807) is 26.2 Å². The Morgan fingerprint density at radius 1 is 1.16 bits per heavy atom. The van der Waals surface area contributed by atoms with Crippen molar-refractivity contribution in [2.75, 3.05) is 44.8 Å². The number of anilines is 1. The van der Waals surface area contributed by atoms with E-state index in [0.29, 0.717) is 24.8 Å². The molecule has 4 rings (SSSR count). The maximum absolute atomic E-state index is 12.9. The lowest BCUT2D eigenvalue weighted by atomic mass is 9.95. The Hall–Kier alpha value is -3.49. The average molecular weight is 426 g/mol. The molecule has 0 bridgehead atoms.